The maximum absolute atomic E-state index is 12.9. The van der Waals surface area contributed by atoms with Gasteiger partial charge in [0.15, 0.2) is 6.61 Å². The van der Waals surface area contributed by atoms with E-state index in [9.17, 15) is 22.8 Å². The molecule has 142 valence electrons. The summed E-state index contributed by atoms with van der Waals surface area (Å²) < 4.78 is 43.7. The Hall–Kier alpha value is -2.05. The van der Waals surface area contributed by atoms with Gasteiger partial charge < -0.3 is 9.64 Å². The van der Waals surface area contributed by atoms with E-state index in [1.165, 1.54) is 0 Å². The van der Waals surface area contributed by atoms with Crippen LogP contribution in [-0.2, 0) is 20.7 Å². The molecule has 0 radical (unpaired) electrons. The third-order valence-electron chi connectivity index (χ3n) is 5.22. The van der Waals surface area contributed by atoms with Gasteiger partial charge in [0.1, 0.15) is 0 Å². The van der Waals surface area contributed by atoms with Crippen molar-refractivity contribution in [3.63, 3.8) is 0 Å². The summed E-state index contributed by atoms with van der Waals surface area (Å²) in [6.07, 6.45) is -2.04. The number of benzene rings is 1. The lowest BCUT2D eigenvalue weighted by atomic mass is 9.81. The molecule has 1 saturated carbocycles. The number of hydrogen-bond acceptors (Lipinski definition) is 3. The second kappa shape index (κ2) is 7.68. The molecule has 0 spiro atoms. The van der Waals surface area contributed by atoms with Crippen LogP contribution in [0.15, 0.2) is 24.3 Å². The Labute approximate surface area is 150 Å². The maximum atomic E-state index is 12.9. The summed E-state index contributed by atoms with van der Waals surface area (Å²) in [5.41, 5.74) is 1.88. The van der Waals surface area contributed by atoms with E-state index in [4.69, 9.17) is 4.74 Å². The lowest BCUT2D eigenvalue weighted by molar-refractivity contribution is -0.189. The average molecular weight is 369 g/mol. The molecule has 1 fully saturated rings. The minimum Gasteiger partial charge on any atom is -0.455 e. The molecule has 0 N–H and O–H groups in total. The number of amides is 1. The SMILES string of the molecule is O=C(OCC(=O)N1CCCc2ccccc21)C1CCCC(C(F)(F)F)C1. The molecule has 3 rings (SSSR count). The summed E-state index contributed by atoms with van der Waals surface area (Å²) in [4.78, 5) is 26.2. The smallest absolute Gasteiger partial charge is 0.391 e. The predicted molar refractivity (Wildman–Crippen MR) is 89.6 cm³/mol. The Morgan fingerprint density at radius 3 is 2.69 bits per heavy atom. The van der Waals surface area contributed by atoms with Crippen molar-refractivity contribution in [2.75, 3.05) is 18.1 Å². The number of rotatable bonds is 3. The van der Waals surface area contributed by atoms with Crippen LogP contribution in [0.4, 0.5) is 18.9 Å². The number of aryl methyl sites for hydroxylation is 1. The molecule has 1 aromatic rings. The number of alkyl halides is 3. The van der Waals surface area contributed by atoms with Crippen LogP contribution in [0.1, 0.15) is 37.7 Å². The first-order chi connectivity index (χ1) is 12.4. The maximum Gasteiger partial charge on any atom is 0.391 e. The molecular weight excluding hydrogens is 347 g/mol. The zero-order chi connectivity index (χ0) is 18.7. The van der Waals surface area contributed by atoms with Gasteiger partial charge >= 0.3 is 12.1 Å². The van der Waals surface area contributed by atoms with E-state index < -0.39 is 30.6 Å². The third kappa shape index (κ3) is 4.19. The van der Waals surface area contributed by atoms with Crippen LogP contribution in [0.2, 0.25) is 0 Å². The number of halogens is 3. The van der Waals surface area contributed by atoms with E-state index in [-0.39, 0.29) is 18.7 Å². The Bertz CT molecular complexity index is 674. The number of para-hydroxylation sites is 1. The van der Waals surface area contributed by atoms with Gasteiger partial charge in [0.05, 0.1) is 11.8 Å². The number of hydrogen-bond donors (Lipinski definition) is 0. The third-order valence-corrected chi connectivity index (χ3v) is 5.22. The number of carbonyl (C=O) groups is 2. The minimum atomic E-state index is -4.29. The van der Waals surface area contributed by atoms with Crippen molar-refractivity contribution in [1.29, 1.82) is 0 Å². The monoisotopic (exact) mass is 369 g/mol. The van der Waals surface area contributed by atoms with Crippen molar-refractivity contribution < 1.29 is 27.5 Å². The standard InChI is InChI=1S/C19H22F3NO3/c20-19(21,22)15-8-3-6-14(11-15)18(25)26-12-17(24)23-10-4-7-13-5-1-2-9-16(13)23/h1-2,5,9,14-15H,3-4,6-8,10-12H2. The minimum absolute atomic E-state index is 0.0524. The second-order valence-corrected chi connectivity index (χ2v) is 6.99. The molecule has 1 aliphatic carbocycles. The first-order valence-electron chi connectivity index (χ1n) is 8.98. The van der Waals surface area contributed by atoms with Gasteiger partial charge in [0.25, 0.3) is 5.91 Å². The summed E-state index contributed by atoms with van der Waals surface area (Å²) in [7, 11) is 0. The van der Waals surface area contributed by atoms with Crippen molar-refractivity contribution in [2.45, 2.75) is 44.7 Å². The van der Waals surface area contributed by atoms with Gasteiger partial charge in [-0.25, -0.2) is 0 Å². The van der Waals surface area contributed by atoms with Crippen LogP contribution in [0.5, 0.6) is 0 Å². The molecule has 1 amide bonds. The number of fused-ring (bicyclic) bond motifs is 1. The molecular formula is C19H22F3NO3. The van der Waals surface area contributed by atoms with Gasteiger partial charge in [0.2, 0.25) is 0 Å². The van der Waals surface area contributed by atoms with Crippen molar-refractivity contribution in [1.82, 2.24) is 0 Å². The van der Waals surface area contributed by atoms with Crippen LogP contribution < -0.4 is 4.90 Å². The summed E-state index contributed by atoms with van der Waals surface area (Å²) in [6.45, 7) is 0.118. The summed E-state index contributed by atoms with van der Waals surface area (Å²) >= 11 is 0. The molecule has 1 aliphatic heterocycles. The van der Waals surface area contributed by atoms with Gasteiger partial charge in [-0.3, -0.25) is 9.59 Å². The molecule has 2 aliphatic rings. The van der Waals surface area contributed by atoms with E-state index in [0.29, 0.717) is 19.4 Å². The van der Waals surface area contributed by atoms with Crippen LogP contribution >= 0.6 is 0 Å². The molecule has 1 aromatic carbocycles. The Kier molecular flexibility index (Phi) is 5.53. The molecule has 2 atom stereocenters. The summed E-state index contributed by atoms with van der Waals surface area (Å²) in [6, 6.07) is 7.56. The molecule has 0 aromatic heterocycles. The Morgan fingerprint density at radius 1 is 1.15 bits per heavy atom. The number of carbonyl (C=O) groups excluding carboxylic acids is 2. The molecule has 26 heavy (non-hydrogen) atoms. The van der Waals surface area contributed by atoms with Crippen molar-refractivity contribution >= 4 is 17.6 Å². The number of anilines is 1. The highest BCUT2D eigenvalue weighted by molar-refractivity contribution is 5.96. The van der Waals surface area contributed by atoms with E-state index in [2.05, 4.69) is 0 Å². The van der Waals surface area contributed by atoms with Gasteiger partial charge in [0, 0.05) is 12.2 Å². The zero-order valence-electron chi connectivity index (χ0n) is 14.4. The number of esters is 1. The highest BCUT2D eigenvalue weighted by atomic mass is 19.4. The molecule has 4 nitrogen and oxygen atoms in total. The van der Waals surface area contributed by atoms with Gasteiger partial charge in [-0.15, -0.1) is 0 Å². The first kappa shape index (κ1) is 18.7. The van der Waals surface area contributed by atoms with E-state index in [0.717, 1.165) is 24.1 Å². The van der Waals surface area contributed by atoms with Crippen LogP contribution in [0, 0.1) is 11.8 Å². The zero-order valence-corrected chi connectivity index (χ0v) is 14.4. The fourth-order valence-corrected chi connectivity index (χ4v) is 3.82. The van der Waals surface area contributed by atoms with E-state index >= 15 is 0 Å². The normalized spacial score (nSPS) is 23.3. The van der Waals surface area contributed by atoms with Crippen LogP contribution in [0.3, 0.4) is 0 Å². The van der Waals surface area contributed by atoms with E-state index in [1.54, 1.807) is 4.90 Å². The van der Waals surface area contributed by atoms with Gasteiger partial charge in [-0.05, 0) is 43.7 Å². The fourth-order valence-electron chi connectivity index (χ4n) is 3.82. The first-order valence-corrected chi connectivity index (χ1v) is 8.98. The Balaban J connectivity index is 1.56. The van der Waals surface area contributed by atoms with Crippen molar-refractivity contribution in [3.05, 3.63) is 29.8 Å². The fraction of sp³-hybridized carbons (Fsp3) is 0.579. The highest BCUT2D eigenvalue weighted by Crippen LogP contribution is 2.40. The largest absolute Gasteiger partial charge is 0.455 e. The van der Waals surface area contributed by atoms with E-state index in [1.807, 2.05) is 24.3 Å². The second-order valence-electron chi connectivity index (χ2n) is 6.99. The molecule has 0 saturated heterocycles. The highest BCUT2D eigenvalue weighted by Gasteiger charge is 2.44. The van der Waals surface area contributed by atoms with Crippen LogP contribution in [0.25, 0.3) is 0 Å². The number of ether oxygens (including phenoxy) is 1. The quantitative estimate of drug-likeness (QED) is 0.760. The lowest BCUT2D eigenvalue weighted by Gasteiger charge is -2.30. The number of nitrogens with zero attached hydrogens (tertiary/aromatic N) is 1. The summed E-state index contributed by atoms with van der Waals surface area (Å²) in [5.74, 6) is -3.28. The lowest BCUT2D eigenvalue weighted by Crippen LogP contribution is -2.39. The van der Waals surface area contributed by atoms with Gasteiger partial charge in [-0.1, -0.05) is 24.6 Å². The molecule has 7 heteroatoms. The molecule has 0 bridgehead atoms. The topological polar surface area (TPSA) is 46.6 Å². The van der Waals surface area contributed by atoms with Crippen molar-refractivity contribution in [3.8, 4) is 0 Å². The summed E-state index contributed by atoms with van der Waals surface area (Å²) in [5, 5.41) is 0. The van der Waals surface area contributed by atoms with Crippen molar-refractivity contribution in [2.24, 2.45) is 11.8 Å². The molecule has 2 unspecified atom stereocenters. The Morgan fingerprint density at radius 2 is 1.92 bits per heavy atom. The van der Waals surface area contributed by atoms with Gasteiger partial charge in [-0.2, -0.15) is 13.2 Å². The predicted octanol–water partition coefficient (Wildman–Crippen LogP) is 3.88. The van der Waals surface area contributed by atoms with Crippen LogP contribution in [-0.4, -0.2) is 31.2 Å². The average Bonchev–Trinajstić information content (AvgIpc) is 2.64. The molecule has 1 heterocycles.